The second kappa shape index (κ2) is 6.22. The van der Waals surface area contributed by atoms with Crippen LogP contribution >= 0.6 is 0 Å². The van der Waals surface area contributed by atoms with Crippen LogP contribution in [0.5, 0.6) is 5.75 Å². The normalized spacial score (nSPS) is 10.5. The lowest BCUT2D eigenvalue weighted by Gasteiger charge is -2.13. The summed E-state index contributed by atoms with van der Waals surface area (Å²) in [7, 11) is 1.95. The molecule has 2 nitrogen and oxygen atoms in total. The van der Waals surface area contributed by atoms with E-state index in [1.54, 1.807) is 0 Å². The Labute approximate surface area is 108 Å². The third-order valence-electron chi connectivity index (χ3n) is 2.93. The SMILES string of the molecule is C=CCCOc1ccc2ccccc2c1CNC. The first-order valence-electron chi connectivity index (χ1n) is 6.25. The molecule has 2 heteroatoms. The average molecular weight is 241 g/mol. The zero-order chi connectivity index (χ0) is 12.8. The molecular formula is C16H19NO. The Hall–Kier alpha value is -1.80. The van der Waals surface area contributed by atoms with Gasteiger partial charge in [0.2, 0.25) is 0 Å². The Morgan fingerprint density at radius 3 is 2.83 bits per heavy atom. The van der Waals surface area contributed by atoms with Gasteiger partial charge >= 0.3 is 0 Å². The van der Waals surface area contributed by atoms with Crippen molar-refractivity contribution in [2.24, 2.45) is 0 Å². The molecule has 2 rings (SSSR count). The van der Waals surface area contributed by atoms with Gasteiger partial charge in [0.05, 0.1) is 6.61 Å². The standard InChI is InChI=1S/C16H19NO/c1-3-4-11-18-16-10-9-13-7-5-6-8-14(13)15(16)12-17-2/h3,5-10,17H,1,4,11-12H2,2H3. The van der Waals surface area contributed by atoms with Gasteiger partial charge in [-0.05, 0) is 30.3 Å². The van der Waals surface area contributed by atoms with Crippen molar-refractivity contribution >= 4 is 10.8 Å². The molecule has 0 saturated heterocycles. The maximum Gasteiger partial charge on any atom is 0.124 e. The van der Waals surface area contributed by atoms with Gasteiger partial charge in [-0.2, -0.15) is 0 Å². The molecule has 0 spiro atoms. The summed E-state index contributed by atoms with van der Waals surface area (Å²) >= 11 is 0. The highest BCUT2D eigenvalue weighted by atomic mass is 16.5. The van der Waals surface area contributed by atoms with Crippen molar-refractivity contribution < 1.29 is 4.74 Å². The molecule has 18 heavy (non-hydrogen) atoms. The Kier molecular flexibility index (Phi) is 4.37. The maximum atomic E-state index is 5.83. The average Bonchev–Trinajstić information content (AvgIpc) is 2.41. The van der Waals surface area contributed by atoms with Crippen molar-refractivity contribution in [3.63, 3.8) is 0 Å². The minimum Gasteiger partial charge on any atom is -0.493 e. The minimum absolute atomic E-state index is 0.679. The topological polar surface area (TPSA) is 21.3 Å². The molecule has 2 aromatic rings. The van der Waals surface area contributed by atoms with E-state index >= 15 is 0 Å². The van der Waals surface area contributed by atoms with Crippen LogP contribution in [-0.2, 0) is 6.54 Å². The summed E-state index contributed by atoms with van der Waals surface area (Å²) in [4.78, 5) is 0. The molecule has 0 atom stereocenters. The summed E-state index contributed by atoms with van der Waals surface area (Å²) < 4.78 is 5.83. The van der Waals surface area contributed by atoms with Crippen LogP contribution in [0.3, 0.4) is 0 Å². The highest BCUT2D eigenvalue weighted by molar-refractivity contribution is 5.87. The zero-order valence-corrected chi connectivity index (χ0v) is 10.8. The summed E-state index contributed by atoms with van der Waals surface area (Å²) in [6.07, 6.45) is 2.74. The van der Waals surface area contributed by atoms with Crippen LogP contribution in [0.1, 0.15) is 12.0 Å². The van der Waals surface area contributed by atoms with Crippen molar-refractivity contribution in [1.82, 2.24) is 5.32 Å². The molecule has 0 radical (unpaired) electrons. The molecule has 2 aromatic carbocycles. The van der Waals surface area contributed by atoms with Crippen molar-refractivity contribution in [3.8, 4) is 5.75 Å². The van der Waals surface area contributed by atoms with Gasteiger partial charge in [-0.1, -0.05) is 36.4 Å². The van der Waals surface area contributed by atoms with Crippen LogP contribution in [0.2, 0.25) is 0 Å². The van der Waals surface area contributed by atoms with E-state index in [9.17, 15) is 0 Å². The lowest BCUT2D eigenvalue weighted by molar-refractivity contribution is 0.321. The van der Waals surface area contributed by atoms with Crippen molar-refractivity contribution in [1.29, 1.82) is 0 Å². The maximum absolute atomic E-state index is 5.83. The van der Waals surface area contributed by atoms with Gasteiger partial charge in [0, 0.05) is 12.1 Å². The molecule has 0 unspecified atom stereocenters. The Balaban J connectivity index is 2.38. The van der Waals surface area contributed by atoms with Gasteiger partial charge in [-0.3, -0.25) is 0 Å². The molecule has 0 fully saturated rings. The molecule has 0 saturated carbocycles. The van der Waals surface area contributed by atoms with Crippen LogP contribution < -0.4 is 10.1 Å². The fraction of sp³-hybridized carbons (Fsp3) is 0.250. The quantitative estimate of drug-likeness (QED) is 0.617. The predicted octanol–water partition coefficient (Wildman–Crippen LogP) is 3.51. The second-order valence-corrected chi connectivity index (χ2v) is 4.22. The number of hydrogen-bond acceptors (Lipinski definition) is 2. The first kappa shape index (κ1) is 12.7. The number of ether oxygens (including phenoxy) is 1. The first-order chi connectivity index (χ1) is 8.86. The summed E-state index contributed by atoms with van der Waals surface area (Å²) in [5.41, 5.74) is 1.22. The molecule has 0 aromatic heterocycles. The predicted molar refractivity (Wildman–Crippen MR) is 77.0 cm³/mol. The van der Waals surface area contributed by atoms with E-state index in [4.69, 9.17) is 4.74 Å². The van der Waals surface area contributed by atoms with Gasteiger partial charge in [0.1, 0.15) is 5.75 Å². The third-order valence-corrected chi connectivity index (χ3v) is 2.93. The largest absolute Gasteiger partial charge is 0.493 e. The third kappa shape index (κ3) is 2.71. The number of rotatable bonds is 6. The summed E-state index contributed by atoms with van der Waals surface area (Å²) in [5.74, 6) is 0.963. The highest BCUT2D eigenvalue weighted by Crippen LogP contribution is 2.28. The van der Waals surface area contributed by atoms with E-state index in [0.29, 0.717) is 6.61 Å². The van der Waals surface area contributed by atoms with Crippen molar-refractivity contribution in [3.05, 3.63) is 54.6 Å². The number of fused-ring (bicyclic) bond motifs is 1. The number of nitrogens with one attached hydrogen (secondary N) is 1. The molecule has 0 heterocycles. The van der Waals surface area contributed by atoms with Crippen molar-refractivity contribution in [2.45, 2.75) is 13.0 Å². The monoisotopic (exact) mass is 241 g/mol. The van der Waals surface area contributed by atoms with Crippen LogP contribution in [0.25, 0.3) is 10.8 Å². The Morgan fingerprint density at radius 2 is 2.06 bits per heavy atom. The van der Waals surface area contributed by atoms with E-state index in [2.05, 4.69) is 48.3 Å². The zero-order valence-electron chi connectivity index (χ0n) is 10.8. The molecule has 0 bridgehead atoms. The summed E-state index contributed by atoms with van der Waals surface area (Å²) in [6.45, 7) is 5.20. The molecular weight excluding hydrogens is 222 g/mol. The molecule has 0 aliphatic heterocycles. The van der Waals surface area contributed by atoms with E-state index in [-0.39, 0.29) is 0 Å². The Bertz CT molecular complexity index is 534. The van der Waals surface area contributed by atoms with E-state index < -0.39 is 0 Å². The fourth-order valence-corrected chi connectivity index (χ4v) is 2.06. The lowest BCUT2D eigenvalue weighted by Crippen LogP contribution is -2.08. The van der Waals surface area contributed by atoms with E-state index in [1.807, 2.05) is 13.1 Å². The minimum atomic E-state index is 0.679. The summed E-state index contributed by atoms with van der Waals surface area (Å²) in [5, 5.41) is 5.71. The van der Waals surface area contributed by atoms with Crippen LogP contribution in [0, 0.1) is 0 Å². The van der Waals surface area contributed by atoms with Gasteiger partial charge in [0.15, 0.2) is 0 Å². The fourth-order valence-electron chi connectivity index (χ4n) is 2.06. The van der Waals surface area contributed by atoms with E-state index in [0.717, 1.165) is 18.7 Å². The van der Waals surface area contributed by atoms with Gasteiger partial charge in [-0.15, -0.1) is 6.58 Å². The first-order valence-corrected chi connectivity index (χ1v) is 6.25. The number of benzene rings is 2. The van der Waals surface area contributed by atoms with E-state index in [1.165, 1.54) is 16.3 Å². The lowest BCUT2D eigenvalue weighted by atomic mass is 10.0. The van der Waals surface area contributed by atoms with Gasteiger partial charge in [-0.25, -0.2) is 0 Å². The molecule has 1 N–H and O–H groups in total. The summed E-state index contributed by atoms with van der Waals surface area (Å²) in [6, 6.07) is 12.6. The van der Waals surface area contributed by atoms with Gasteiger partial charge < -0.3 is 10.1 Å². The molecule has 94 valence electrons. The van der Waals surface area contributed by atoms with Crippen molar-refractivity contribution in [2.75, 3.05) is 13.7 Å². The molecule has 0 aliphatic carbocycles. The van der Waals surface area contributed by atoms with Crippen LogP contribution in [-0.4, -0.2) is 13.7 Å². The highest BCUT2D eigenvalue weighted by Gasteiger charge is 2.07. The molecule has 0 amide bonds. The molecule has 0 aliphatic rings. The number of hydrogen-bond donors (Lipinski definition) is 1. The van der Waals surface area contributed by atoms with Crippen LogP contribution in [0.15, 0.2) is 49.1 Å². The van der Waals surface area contributed by atoms with Crippen LogP contribution in [0.4, 0.5) is 0 Å². The second-order valence-electron chi connectivity index (χ2n) is 4.22. The smallest absolute Gasteiger partial charge is 0.124 e. The Morgan fingerprint density at radius 1 is 1.22 bits per heavy atom. The van der Waals surface area contributed by atoms with Gasteiger partial charge in [0.25, 0.3) is 0 Å².